The molecule has 4 aromatic carbocycles. The highest BCUT2D eigenvalue weighted by molar-refractivity contribution is 5.77. The maximum absolute atomic E-state index is 13.0. The van der Waals surface area contributed by atoms with Crippen molar-refractivity contribution >= 4 is 11.9 Å². The summed E-state index contributed by atoms with van der Waals surface area (Å²) in [6, 6.07) is 41.8. The van der Waals surface area contributed by atoms with E-state index in [2.05, 4.69) is 107 Å². The van der Waals surface area contributed by atoms with Gasteiger partial charge in [0, 0.05) is 24.9 Å². The SMILES string of the molecule is CN(C)CC(COC(=O)CCC(=O)OCC(CN(C)C)C(Cc1ccccc1)c1ccccc1)C(Cc1ccccc1)c1ccccc1. The first-order valence-electron chi connectivity index (χ1n) is 17.1. The highest BCUT2D eigenvalue weighted by atomic mass is 16.5. The lowest BCUT2D eigenvalue weighted by atomic mass is 9.81. The molecule has 0 saturated heterocycles. The maximum atomic E-state index is 13.0. The van der Waals surface area contributed by atoms with Crippen LogP contribution in [0.4, 0.5) is 0 Å². The first-order valence-corrected chi connectivity index (χ1v) is 17.1. The molecule has 0 radical (unpaired) electrons. The second-order valence-corrected chi connectivity index (χ2v) is 13.3. The lowest BCUT2D eigenvalue weighted by Crippen LogP contribution is -2.32. The fourth-order valence-electron chi connectivity index (χ4n) is 6.53. The molecular weight excluding hydrogens is 596 g/mol. The van der Waals surface area contributed by atoms with Crippen LogP contribution < -0.4 is 0 Å². The zero-order chi connectivity index (χ0) is 34.1. The zero-order valence-electron chi connectivity index (χ0n) is 29.0. The molecule has 0 heterocycles. The number of hydrogen-bond acceptors (Lipinski definition) is 6. The number of carbonyl (C=O) groups is 2. The number of nitrogens with zero attached hydrogens (tertiary/aromatic N) is 2. The lowest BCUT2D eigenvalue weighted by molar-refractivity contribution is -0.152. The molecule has 0 saturated carbocycles. The largest absolute Gasteiger partial charge is 0.465 e. The van der Waals surface area contributed by atoms with E-state index in [4.69, 9.17) is 9.47 Å². The van der Waals surface area contributed by atoms with Crippen LogP contribution in [0.1, 0.15) is 46.9 Å². The predicted molar refractivity (Wildman–Crippen MR) is 194 cm³/mol. The van der Waals surface area contributed by atoms with Gasteiger partial charge in [-0.15, -0.1) is 0 Å². The van der Waals surface area contributed by atoms with Gasteiger partial charge < -0.3 is 19.3 Å². The van der Waals surface area contributed by atoms with Crippen LogP contribution in [0, 0.1) is 11.8 Å². The standard InChI is InChI=1S/C42H52N2O4/c1-43(2)29-37(39(35-21-13-7-14-22-35)27-33-17-9-5-10-18-33)31-47-41(45)25-26-42(46)48-32-38(30-44(3)4)40(36-23-15-8-16-24-36)28-34-19-11-6-12-20-34/h5-24,37-40H,25-32H2,1-4H3. The molecule has 0 aliphatic carbocycles. The third-order valence-corrected chi connectivity index (χ3v) is 8.84. The summed E-state index contributed by atoms with van der Waals surface area (Å²) in [6.45, 7) is 2.09. The van der Waals surface area contributed by atoms with E-state index in [0.29, 0.717) is 0 Å². The molecule has 0 aliphatic rings. The summed E-state index contributed by atoms with van der Waals surface area (Å²) in [5, 5.41) is 0. The Morgan fingerprint density at radius 3 is 1.12 bits per heavy atom. The van der Waals surface area contributed by atoms with Crippen molar-refractivity contribution in [1.82, 2.24) is 9.80 Å². The Kier molecular flexibility index (Phi) is 14.9. The van der Waals surface area contributed by atoms with Crippen molar-refractivity contribution in [1.29, 1.82) is 0 Å². The number of benzene rings is 4. The van der Waals surface area contributed by atoms with E-state index in [1.54, 1.807) is 0 Å². The number of rotatable bonds is 19. The van der Waals surface area contributed by atoms with Crippen molar-refractivity contribution in [3.05, 3.63) is 144 Å². The summed E-state index contributed by atoms with van der Waals surface area (Å²) in [7, 11) is 8.17. The normalized spacial score (nSPS) is 13.9. The van der Waals surface area contributed by atoms with Gasteiger partial charge in [0.15, 0.2) is 0 Å². The average molecular weight is 649 g/mol. The van der Waals surface area contributed by atoms with Gasteiger partial charge in [0.1, 0.15) is 0 Å². The molecule has 4 unspecified atom stereocenters. The van der Waals surface area contributed by atoms with Crippen molar-refractivity contribution in [2.45, 2.75) is 37.5 Å². The van der Waals surface area contributed by atoms with Gasteiger partial charge in [0.2, 0.25) is 0 Å². The predicted octanol–water partition coefficient (Wildman–Crippen LogP) is 7.26. The van der Waals surface area contributed by atoms with Gasteiger partial charge >= 0.3 is 11.9 Å². The van der Waals surface area contributed by atoms with Crippen molar-refractivity contribution in [2.24, 2.45) is 11.8 Å². The van der Waals surface area contributed by atoms with Gasteiger partial charge in [-0.2, -0.15) is 0 Å². The van der Waals surface area contributed by atoms with E-state index in [-0.39, 0.29) is 61.7 Å². The Hall–Kier alpha value is -4.26. The monoisotopic (exact) mass is 648 g/mol. The molecule has 4 aromatic rings. The summed E-state index contributed by atoms with van der Waals surface area (Å²) in [5.41, 5.74) is 4.94. The molecule has 0 aliphatic heterocycles. The molecule has 0 spiro atoms. The third-order valence-electron chi connectivity index (χ3n) is 8.84. The first kappa shape index (κ1) is 36.6. The molecule has 6 heteroatoms. The van der Waals surface area contributed by atoms with Crippen LogP contribution in [-0.4, -0.2) is 76.2 Å². The Balaban J connectivity index is 1.36. The summed E-state index contributed by atoms with van der Waals surface area (Å²) >= 11 is 0. The fourth-order valence-corrected chi connectivity index (χ4v) is 6.53. The molecule has 48 heavy (non-hydrogen) atoms. The minimum atomic E-state index is -0.377. The van der Waals surface area contributed by atoms with Crippen molar-refractivity contribution in [3.63, 3.8) is 0 Å². The zero-order valence-corrected chi connectivity index (χ0v) is 29.0. The van der Waals surface area contributed by atoms with Crippen LogP contribution in [0.3, 0.4) is 0 Å². The third kappa shape index (κ3) is 12.4. The summed E-state index contributed by atoms with van der Waals surface area (Å²) in [5.74, 6) is -0.280. The second-order valence-electron chi connectivity index (χ2n) is 13.3. The molecule has 0 bridgehead atoms. The van der Waals surface area contributed by atoms with Crippen molar-refractivity contribution in [3.8, 4) is 0 Å². The highest BCUT2D eigenvalue weighted by Crippen LogP contribution is 2.31. The van der Waals surface area contributed by atoms with E-state index in [1.807, 2.05) is 52.5 Å². The first-order chi connectivity index (χ1) is 23.3. The van der Waals surface area contributed by atoms with Gasteiger partial charge in [-0.05, 0) is 75.1 Å². The van der Waals surface area contributed by atoms with E-state index in [1.165, 1.54) is 22.3 Å². The molecule has 4 atom stereocenters. The lowest BCUT2D eigenvalue weighted by Gasteiger charge is -2.30. The fraction of sp³-hybridized carbons (Fsp3) is 0.381. The minimum Gasteiger partial charge on any atom is -0.465 e. The van der Waals surface area contributed by atoms with Crippen LogP contribution in [0.2, 0.25) is 0 Å². The van der Waals surface area contributed by atoms with Crippen LogP contribution >= 0.6 is 0 Å². The van der Waals surface area contributed by atoms with Gasteiger partial charge in [-0.3, -0.25) is 9.59 Å². The Bertz CT molecular complexity index is 1360. The van der Waals surface area contributed by atoms with Crippen LogP contribution in [0.25, 0.3) is 0 Å². The smallest absolute Gasteiger partial charge is 0.306 e. The highest BCUT2D eigenvalue weighted by Gasteiger charge is 2.28. The van der Waals surface area contributed by atoms with Gasteiger partial charge in [0.05, 0.1) is 26.1 Å². The van der Waals surface area contributed by atoms with Crippen LogP contribution in [0.15, 0.2) is 121 Å². The number of carbonyl (C=O) groups excluding carboxylic acids is 2. The van der Waals surface area contributed by atoms with Gasteiger partial charge in [0.25, 0.3) is 0 Å². The Morgan fingerprint density at radius 2 is 0.812 bits per heavy atom. The molecule has 0 aromatic heterocycles. The Morgan fingerprint density at radius 1 is 0.500 bits per heavy atom. The van der Waals surface area contributed by atoms with Gasteiger partial charge in [-0.1, -0.05) is 121 Å². The summed E-state index contributed by atoms with van der Waals surface area (Å²) in [6.07, 6.45) is 1.67. The summed E-state index contributed by atoms with van der Waals surface area (Å²) in [4.78, 5) is 30.3. The van der Waals surface area contributed by atoms with E-state index < -0.39 is 0 Å². The molecule has 6 nitrogen and oxygen atoms in total. The molecule has 0 amide bonds. The molecular formula is C42H52N2O4. The summed E-state index contributed by atoms with van der Waals surface area (Å²) < 4.78 is 11.7. The van der Waals surface area contributed by atoms with Crippen molar-refractivity contribution in [2.75, 3.05) is 54.5 Å². The van der Waals surface area contributed by atoms with Crippen LogP contribution in [-0.2, 0) is 31.9 Å². The second kappa shape index (κ2) is 19.5. The number of ether oxygens (including phenoxy) is 2. The minimum absolute atomic E-state index is 0.00726. The number of hydrogen-bond donors (Lipinski definition) is 0. The van der Waals surface area contributed by atoms with E-state index in [0.717, 1.165) is 25.9 Å². The Labute approximate surface area is 287 Å². The van der Waals surface area contributed by atoms with E-state index >= 15 is 0 Å². The van der Waals surface area contributed by atoms with Crippen molar-refractivity contribution < 1.29 is 19.1 Å². The molecule has 254 valence electrons. The van der Waals surface area contributed by atoms with Gasteiger partial charge in [-0.25, -0.2) is 0 Å². The quantitative estimate of drug-likeness (QED) is 0.0998. The van der Waals surface area contributed by atoms with E-state index in [9.17, 15) is 9.59 Å². The topological polar surface area (TPSA) is 59.1 Å². The maximum Gasteiger partial charge on any atom is 0.306 e. The van der Waals surface area contributed by atoms with Crippen LogP contribution in [0.5, 0.6) is 0 Å². The number of esters is 2. The molecule has 4 rings (SSSR count). The molecule has 0 N–H and O–H groups in total. The average Bonchev–Trinajstić information content (AvgIpc) is 3.10. The molecule has 0 fully saturated rings.